The molecular formula is C20H15F4N3O2. The maximum atomic E-state index is 13.9. The maximum absolute atomic E-state index is 13.9. The Morgan fingerprint density at radius 1 is 1.10 bits per heavy atom. The number of hydrogen-bond donors (Lipinski definition) is 1. The van der Waals surface area contributed by atoms with Crippen molar-refractivity contribution in [3.63, 3.8) is 0 Å². The highest BCUT2D eigenvalue weighted by Crippen LogP contribution is 2.24. The van der Waals surface area contributed by atoms with Crippen LogP contribution < -0.4 is 5.32 Å². The van der Waals surface area contributed by atoms with Gasteiger partial charge >= 0.3 is 6.18 Å². The first-order chi connectivity index (χ1) is 13.8. The van der Waals surface area contributed by atoms with E-state index in [4.69, 9.17) is 4.79 Å². The summed E-state index contributed by atoms with van der Waals surface area (Å²) in [7, 11) is 0. The van der Waals surface area contributed by atoms with Crippen molar-refractivity contribution in [1.29, 1.82) is 0 Å². The van der Waals surface area contributed by atoms with Gasteiger partial charge in [-0.25, -0.2) is 4.39 Å². The van der Waals surface area contributed by atoms with E-state index in [1.165, 1.54) is 6.07 Å². The minimum atomic E-state index is -4.64. The van der Waals surface area contributed by atoms with E-state index < -0.39 is 12.5 Å². The molecule has 0 saturated carbocycles. The van der Waals surface area contributed by atoms with Crippen LogP contribution in [0.1, 0.15) is 15.9 Å². The highest BCUT2D eigenvalue weighted by atomic mass is 19.4. The van der Waals surface area contributed by atoms with E-state index in [0.717, 1.165) is 17.7 Å². The lowest BCUT2D eigenvalue weighted by Gasteiger charge is -2.10. The standard InChI is InChI=1S/C18H14FN3O.C2HF3O/c19-16-4-2-1-3-14(16)17-9-13(6-8-20-17)22-10-12-5-7-21-18(23)15(12)11-22;3-2(4,5)1-6/h1-4,6,8-11H,5,7H2,(H,21,23);1H. The molecule has 0 atom stereocenters. The minimum Gasteiger partial charge on any atom is -0.352 e. The number of pyridine rings is 1. The number of aromatic nitrogens is 2. The average Bonchev–Trinajstić information content (AvgIpc) is 3.14. The van der Waals surface area contributed by atoms with Crippen LogP contribution in [0.4, 0.5) is 17.6 Å². The van der Waals surface area contributed by atoms with Gasteiger partial charge in [-0.2, -0.15) is 13.2 Å². The third-order valence-corrected chi connectivity index (χ3v) is 4.16. The summed E-state index contributed by atoms with van der Waals surface area (Å²) >= 11 is 0. The zero-order valence-electron chi connectivity index (χ0n) is 14.9. The summed E-state index contributed by atoms with van der Waals surface area (Å²) in [5.41, 5.74) is 3.60. The number of aldehydes is 1. The van der Waals surface area contributed by atoms with E-state index in [0.29, 0.717) is 23.4 Å². The Hall–Kier alpha value is -3.49. The number of halogens is 4. The van der Waals surface area contributed by atoms with Gasteiger partial charge in [0.05, 0.1) is 11.3 Å². The normalized spacial score (nSPS) is 13.0. The number of hydrogen-bond acceptors (Lipinski definition) is 3. The number of alkyl halides is 3. The lowest BCUT2D eigenvalue weighted by molar-refractivity contribution is -0.156. The van der Waals surface area contributed by atoms with E-state index in [9.17, 15) is 22.4 Å². The van der Waals surface area contributed by atoms with Crippen molar-refractivity contribution < 1.29 is 27.2 Å². The third kappa shape index (κ3) is 4.87. The summed E-state index contributed by atoms with van der Waals surface area (Å²) in [4.78, 5) is 24.8. The largest absolute Gasteiger partial charge is 0.446 e. The van der Waals surface area contributed by atoms with Crippen LogP contribution in [-0.2, 0) is 11.2 Å². The van der Waals surface area contributed by atoms with E-state index in [-0.39, 0.29) is 11.7 Å². The van der Waals surface area contributed by atoms with E-state index in [1.54, 1.807) is 24.4 Å². The fraction of sp³-hybridized carbons (Fsp3) is 0.150. The lowest BCUT2D eigenvalue weighted by atomic mass is 10.1. The van der Waals surface area contributed by atoms with E-state index in [1.807, 2.05) is 29.1 Å². The van der Waals surface area contributed by atoms with Crippen LogP contribution in [0.15, 0.2) is 55.0 Å². The SMILES string of the molecule is O=C1NCCc2cn(-c3ccnc(-c4ccccc4F)c3)cc21.O=CC(F)(F)F. The third-order valence-electron chi connectivity index (χ3n) is 4.16. The van der Waals surface area contributed by atoms with E-state index >= 15 is 0 Å². The summed E-state index contributed by atoms with van der Waals surface area (Å²) in [5, 5.41) is 2.83. The van der Waals surface area contributed by atoms with Crippen molar-refractivity contribution in [2.45, 2.75) is 12.6 Å². The molecule has 0 radical (unpaired) electrons. The fourth-order valence-electron chi connectivity index (χ4n) is 2.85. The Morgan fingerprint density at radius 3 is 2.48 bits per heavy atom. The summed E-state index contributed by atoms with van der Waals surface area (Å²) < 4.78 is 47.1. The molecule has 0 bridgehead atoms. The van der Waals surface area contributed by atoms with Crippen LogP contribution in [0, 0.1) is 5.82 Å². The van der Waals surface area contributed by atoms with Gasteiger partial charge in [-0.05, 0) is 36.2 Å². The predicted octanol–water partition coefficient (Wildman–Crippen LogP) is 3.71. The highest BCUT2D eigenvalue weighted by Gasteiger charge is 2.25. The molecule has 1 N–H and O–H groups in total. The number of nitrogens with one attached hydrogen (secondary N) is 1. The summed E-state index contributed by atoms with van der Waals surface area (Å²) in [6.45, 7) is 0.659. The Morgan fingerprint density at radius 2 is 1.83 bits per heavy atom. The number of rotatable bonds is 2. The van der Waals surface area contributed by atoms with Crippen molar-refractivity contribution in [3.05, 3.63) is 71.9 Å². The van der Waals surface area contributed by atoms with E-state index in [2.05, 4.69) is 10.3 Å². The summed E-state index contributed by atoms with van der Waals surface area (Å²) in [6, 6.07) is 10.2. The molecule has 1 aliphatic rings. The molecule has 0 aliphatic carbocycles. The second-order valence-corrected chi connectivity index (χ2v) is 6.15. The molecule has 2 aromatic heterocycles. The molecule has 5 nitrogen and oxygen atoms in total. The number of benzene rings is 1. The first kappa shape index (κ1) is 20.2. The molecule has 3 heterocycles. The van der Waals surface area contributed by atoms with Gasteiger partial charge in [0, 0.05) is 36.4 Å². The smallest absolute Gasteiger partial charge is 0.352 e. The molecule has 29 heavy (non-hydrogen) atoms. The first-order valence-corrected chi connectivity index (χ1v) is 8.52. The molecule has 4 rings (SSSR count). The highest BCUT2D eigenvalue weighted by molar-refractivity contribution is 5.96. The minimum absolute atomic E-state index is 0.0478. The Kier molecular flexibility index (Phi) is 5.76. The molecule has 0 saturated heterocycles. The fourth-order valence-corrected chi connectivity index (χ4v) is 2.85. The number of nitrogens with zero attached hydrogens (tertiary/aromatic N) is 2. The molecule has 3 aromatic rings. The Balaban J connectivity index is 0.000000353. The van der Waals surface area contributed by atoms with Gasteiger partial charge in [0.1, 0.15) is 5.82 Å². The predicted molar refractivity (Wildman–Crippen MR) is 97.1 cm³/mol. The zero-order valence-corrected chi connectivity index (χ0v) is 14.9. The number of carbonyl (C=O) groups excluding carboxylic acids is 2. The van der Waals surface area contributed by atoms with Gasteiger partial charge in [-0.3, -0.25) is 14.6 Å². The summed E-state index contributed by atoms with van der Waals surface area (Å²) in [6.07, 6.45) is 0.529. The number of amides is 1. The van der Waals surface area contributed by atoms with Crippen molar-refractivity contribution >= 4 is 12.2 Å². The molecule has 1 aliphatic heterocycles. The van der Waals surface area contributed by atoms with Gasteiger partial charge in [0.15, 0.2) is 0 Å². The molecule has 1 aromatic carbocycles. The van der Waals surface area contributed by atoms with Crippen LogP contribution in [0.3, 0.4) is 0 Å². The molecule has 0 spiro atoms. The van der Waals surface area contributed by atoms with Crippen molar-refractivity contribution in [3.8, 4) is 16.9 Å². The molecule has 0 fully saturated rings. The quantitative estimate of drug-likeness (QED) is 0.522. The molecule has 1 amide bonds. The maximum Gasteiger partial charge on any atom is 0.446 e. The molecule has 150 valence electrons. The van der Waals surface area contributed by atoms with Gasteiger partial charge in [-0.15, -0.1) is 0 Å². The molecular weight excluding hydrogens is 390 g/mol. The first-order valence-electron chi connectivity index (χ1n) is 8.52. The lowest BCUT2D eigenvalue weighted by Crippen LogP contribution is -2.30. The van der Waals surface area contributed by atoms with Crippen LogP contribution in [0.5, 0.6) is 0 Å². The summed E-state index contributed by atoms with van der Waals surface area (Å²) in [5.74, 6) is -0.350. The van der Waals surface area contributed by atoms with Gasteiger partial charge < -0.3 is 9.88 Å². The van der Waals surface area contributed by atoms with Crippen molar-refractivity contribution in [2.24, 2.45) is 0 Å². The average molecular weight is 405 g/mol. The Labute approximate surface area is 163 Å². The van der Waals surface area contributed by atoms with Gasteiger partial charge in [0.2, 0.25) is 6.29 Å². The molecule has 9 heteroatoms. The van der Waals surface area contributed by atoms with Gasteiger partial charge in [0.25, 0.3) is 5.91 Å². The van der Waals surface area contributed by atoms with Crippen molar-refractivity contribution in [1.82, 2.24) is 14.9 Å². The number of fused-ring (bicyclic) bond motifs is 1. The van der Waals surface area contributed by atoms with Gasteiger partial charge in [-0.1, -0.05) is 12.1 Å². The van der Waals surface area contributed by atoms with Crippen LogP contribution in [-0.4, -0.2) is 34.5 Å². The Bertz CT molecular complexity index is 1040. The zero-order chi connectivity index (χ0) is 21.0. The topological polar surface area (TPSA) is 64.0 Å². The second-order valence-electron chi connectivity index (χ2n) is 6.15. The monoisotopic (exact) mass is 405 g/mol. The van der Waals surface area contributed by atoms with Crippen LogP contribution in [0.25, 0.3) is 16.9 Å². The number of carbonyl (C=O) groups is 2. The van der Waals surface area contributed by atoms with Crippen molar-refractivity contribution in [2.75, 3.05) is 6.54 Å². The van der Waals surface area contributed by atoms with Crippen LogP contribution in [0.2, 0.25) is 0 Å². The second kappa shape index (κ2) is 8.26. The van der Waals surface area contributed by atoms with Crippen LogP contribution >= 0.6 is 0 Å². The molecule has 0 unspecified atom stereocenters.